The van der Waals surface area contributed by atoms with Crippen molar-refractivity contribution in [2.75, 3.05) is 19.7 Å². The maximum absolute atomic E-state index is 12.6. The second kappa shape index (κ2) is 9.40. The van der Waals surface area contributed by atoms with Gasteiger partial charge in [0.25, 0.3) is 0 Å². The Labute approximate surface area is 190 Å². The fourth-order valence-corrected chi connectivity index (χ4v) is 5.25. The molecule has 6 nitrogen and oxygen atoms in total. The van der Waals surface area contributed by atoms with Crippen LogP contribution >= 0.6 is 15.9 Å². The topological polar surface area (TPSA) is 76.1 Å². The average molecular weight is 488 g/mol. The number of amides is 1. The second-order valence-electron chi connectivity index (χ2n) is 8.40. The quantitative estimate of drug-likeness (QED) is 0.632. The van der Waals surface area contributed by atoms with Crippen molar-refractivity contribution in [2.45, 2.75) is 31.5 Å². The predicted octanol–water partition coefficient (Wildman–Crippen LogP) is 4.81. The van der Waals surface area contributed by atoms with Crippen molar-refractivity contribution in [3.8, 4) is 0 Å². The minimum atomic E-state index is -0.978. The molecule has 4 rings (SSSR count). The number of nitrogens with zero attached hydrogens (tertiary/aromatic N) is 1. The summed E-state index contributed by atoms with van der Waals surface area (Å²) in [6.45, 7) is 1.19. The first-order valence-corrected chi connectivity index (χ1v) is 11.3. The molecule has 1 aliphatic carbocycles. The number of carbonyl (C=O) groups is 2. The van der Waals surface area contributed by atoms with Gasteiger partial charge in [-0.05, 0) is 54.4 Å². The first-order chi connectivity index (χ1) is 14.9. The molecule has 1 heterocycles. The Bertz CT molecular complexity index is 937. The largest absolute Gasteiger partial charge is 0.480 e. The van der Waals surface area contributed by atoms with E-state index in [2.05, 4.69) is 15.9 Å². The zero-order valence-corrected chi connectivity index (χ0v) is 18.8. The monoisotopic (exact) mass is 487 g/mol. The zero-order valence-electron chi connectivity index (χ0n) is 17.2. The molecular formula is C24H26BrNO5. The van der Waals surface area contributed by atoms with Crippen molar-refractivity contribution in [2.24, 2.45) is 11.8 Å². The molecule has 1 amide bonds. The highest BCUT2D eigenvalue weighted by molar-refractivity contribution is 9.10. The summed E-state index contributed by atoms with van der Waals surface area (Å²) in [5.74, 6) is -0.363. The Morgan fingerprint density at radius 1 is 1.10 bits per heavy atom. The van der Waals surface area contributed by atoms with Gasteiger partial charge in [0, 0.05) is 17.6 Å². The number of carboxylic acids is 1. The molecule has 2 aromatic rings. The number of rotatable bonds is 6. The van der Waals surface area contributed by atoms with Gasteiger partial charge in [0.15, 0.2) is 0 Å². The van der Waals surface area contributed by atoms with E-state index in [1.165, 1.54) is 0 Å². The van der Waals surface area contributed by atoms with Crippen molar-refractivity contribution in [3.05, 3.63) is 70.2 Å². The van der Waals surface area contributed by atoms with Crippen LogP contribution in [0.4, 0.5) is 4.79 Å². The summed E-state index contributed by atoms with van der Waals surface area (Å²) in [7, 11) is 0. The Hall–Kier alpha value is -2.38. The molecule has 3 atom stereocenters. The van der Waals surface area contributed by atoms with Crippen LogP contribution in [0, 0.1) is 11.8 Å². The van der Waals surface area contributed by atoms with Gasteiger partial charge in [-0.3, -0.25) is 0 Å². The zero-order chi connectivity index (χ0) is 21.8. The third-order valence-corrected chi connectivity index (χ3v) is 6.87. The Morgan fingerprint density at radius 3 is 2.61 bits per heavy atom. The summed E-state index contributed by atoms with van der Waals surface area (Å²) in [5.41, 5.74) is 1.28. The normalized spacial score (nSPS) is 25.1. The van der Waals surface area contributed by atoms with Gasteiger partial charge in [0.2, 0.25) is 0 Å². The van der Waals surface area contributed by atoms with E-state index < -0.39 is 11.6 Å². The van der Waals surface area contributed by atoms with Gasteiger partial charge < -0.3 is 19.5 Å². The summed E-state index contributed by atoms with van der Waals surface area (Å²) in [5, 5.41) is 9.21. The van der Waals surface area contributed by atoms with Crippen LogP contribution in [0.1, 0.15) is 30.4 Å². The maximum atomic E-state index is 12.6. The molecule has 0 aromatic heterocycles. The number of carboxylic acid groups (broad SMARTS) is 1. The van der Waals surface area contributed by atoms with Crippen molar-refractivity contribution in [1.29, 1.82) is 0 Å². The lowest BCUT2D eigenvalue weighted by atomic mass is 9.70. The van der Waals surface area contributed by atoms with Gasteiger partial charge in [-0.2, -0.15) is 0 Å². The van der Waals surface area contributed by atoms with E-state index >= 15 is 0 Å². The van der Waals surface area contributed by atoms with E-state index in [1.54, 1.807) is 4.90 Å². The predicted molar refractivity (Wildman–Crippen MR) is 118 cm³/mol. The highest BCUT2D eigenvalue weighted by atomic mass is 79.9. The van der Waals surface area contributed by atoms with Crippen molar-refractivity contribution < 1.29 is 24.2 Å². The van der Waals surface area contributed by atoms with E-state index in [0.717, 1.165) is 28.4 Å². The number of hydrogen-bond acceptors (Lipinski definition) is 4. The van der Waals surface area contributed by atoms with Crippen LogP contribution in [0.2, 0.25) is 0 Å². The van der Waals surface area contributed by atoms with Crippen molar-refractivity contribution in [3.63, 3.8) is 0 Å². The number of hydrogen-bond donors (Lipinski definition) is 1. The fraction of sp³-hybridized carbons (Fsp3) is 0.417. The molecule has 0 spiro atoms. The first kappa shape index (κ1) is 21.8. The number of aliphatic carboxylic acids is 1. The lowest BCUT2D eigenvalue weighted by Gasteiger charge is -2.42. The molecule has 2 aromatic carbocycles. The van der Waals surface area contributed by atoms with Gasteiger partial charge in [-0.15, -0.1) is 0 Å². The summed E-state index contributed by atoms with van der Waals surface area (Å²) in [6.07, 6.45) is 1.99. The molecule has 0 bridgehead atoms. The van der Waals surface area contributed by atoms with Crippen molar-refractivity contribution >= 4 is 28.0 Å². The van der Waals surface area contributed by atoms with Crippen LogP contribution in [0.15, 0.2) is 59.1 Å². The highest BCUT2D eigenvalue weighted by Gasteiger charge is 2.48. The highest BCUT2D eigenvalue weighted by Crippen LogP contribution is 2.48. The molecule has 1 aliphatic heterocycles. The van der Waals surface area contributed by atoms with E-state index in [-0.39, 0.29) is 25.2 Å². The van der Waals surface area contributed by atoms with E-state index in [0.29, 0.717) is 25.4 Å². The molecule has 1 N–H and O–H groups in total. The maximum Gasteiger partial charge on any atom is 0.410 e. The van der Waals surface area contributed by atoms with Gasteiger partial charge >= 0.3 is 12.1 Å². The molecule has 3 unspecified atom stereocenters. The summed E-state index contributed by atoms with van der Waals surface area (Å²) >= 11 is 3.51. The van der Waals surface area contributed by atoms with Crippen LogP contribution in [0.25, 0.3) is 0 Å². The number of ether oxygens (including phenoxy) is 2. The van der Waals surface area contributed by atoms with E-state index in [1.807, 2.05) is 54.6 Å². The van der Waals surface area contributed by atoms with Crippen LogP contribution in [0.5, 0.6) is 0 Å². The number of benzene rings is 2. The van der Waals surface area contributed by atoms with Crippen LogP contribution < -0.4 is 0 Å². The lowest BCUT2D eigenvalue weighted by molar-refractivity contribution is -0.156. The molecule has 1 saturated heterocycles. The minimum Gasteiger partial charge on any atom is -0.480 e. The number of halogens is 1. The van der Waals surface area contributed by atoms with E-state index in [4.69, 9.17) is 9.47 Å². The Kier molecular flexibility index (Phi) is 6.62. The van der Waals surface area contributed by atoms with Gasteiger partial charge in [-0.25, -0.2) is 9.59 Å². The Balaban J connectivity index is 1.44. The smallest absolute Gasteiger partial charge is 0.410 e. The molecule has 0 radical (unpaired) electrons. The number of likely N-dealkylation sites (tertiary alicyclic amines) is 1. The molecule has 1 saturated carbocycles. The summed E-state index contributed by atoms with van der Waals surface area (Å²) in [6, 6.07) is 17.5. The molecule has 7 heteroatoms. The Morgan fingerprint density at radius 2 is 1.87 bits per heavy atom. The summed E-state index contributed by atoms with van der Waals surface area (Å²) < 4.78 is 12.5. The third-order valence-electron chi connectivity index (χ3n) is 6.37. The van der Waals surface area contributed by atoms with E-state index in [9.17, 15) is 14.7 Å². The van der Waals surface area contributed by atoms with Crippen LogP contribution in [-0.2, 0) is 26.5 Å². The third kappa shape index (κ3) is 5.10. The van der Waals surface area contributed by atoms with Crippen molar-refractivity contribution in [1.82, 2.24) is 4.90 Å². The molecular weight excluding hydrogens is 462 g/mol. The fourth-order valence-electron chi connectivity index (χ4n) is 4.85. The average Bonchev–Trinajstić information content (AvgIpc) is 3.20. The number of carbonyl (C=O) groups excluding carboxylic acids is 1. The summed E-state index contributed by atoms with van der Waals surface area (Å²) in [4.78, 5) is 25.7. The van der Waals surface area contributed by atoms with Gasteiger partial charge in [0.05, 0.1) is 5.60 Å². The molecule has 164 valence electrons. The van der Waals surface area contributed by atoms with Gasteiger partial charge in [0.1, 0.15) is 13.2 Å². The number of fused-ring (bicyclic) bond motifs is 1. The molecule has 2 fully saturated rings. The van der Waals surface area contributed by atoms with Crippen LogP contribution in [0.3, 0.4) is 0 Å². The SMILES string of the molecule is O=C(O)COC1(c2cccc(Br)c2)CCC2CN(C(=O)OCc3ccccc3)CC2C1. The molecule has 2 aliphatic rings. The molecule has 31 heavy (non-hydrogen) atoms. The second-order valence-corrected chi connectivity index (χ2v) is 9.31. The van der Waals surface area contributed by atoms with Crippen LogP contribution in [-0.4, -0.2) is 41.8 Å². The first-order valence-electron chi connectivity index (χ1n) is 10.5. The lowest BCUT2D eigenvalue weighted by Crippen LogP contribution is -2.40. The minimum absolute atomic E-state index is 0.241. The standard InChI is InChI=1S/C24H26BrNO5/c25-21-8-4-7-20(11-21)24(31-16-22(27)28)10-9-18-13-26(14-19(18)12-24)23(29)30-15-17-5-2-1-3-6-17/h1-8,11,18-19H,9-10,12-16H2,(H,27,28). The van der Waals surface area contributed by atoms with Gasteiger partial charge in [-0.1, -0.05) is 58.4 Å².